The number of pyridine rings is 1. The van der Waals surface area contributed by atoms with Crippen molar-refractivity contribution in [2.24, 2.45) is 0 Å². The summed E-state index contributed by atoms with van der Waals surface area (Å²) in [5.41, 5.74) is 0.782. The third-order valence-corrected chi connectivity index (χ3v) is 3.85. The highest BCUT2D eigenvalue weighted by Gasteiger charge is 2.32. The molecule has 100 valence electrons. The van der Waals surface area contributed by atoms with Crippen LogP contribution in [0, 0.1) is 0 Å². The van der Waals surface area contributed by atoms with E-state index in [0.717, 1.165) is 0 Å². The van der Waals surface area contributed by atoms with Crippen molar-refractivity contribution in [2.45, 2.75) is 0 Å². The van der Waals surface area contributed by atoms with Crippen molar-refractivity contribution >= 4 is 40.3 Å². The lowest BCUT2D eigenvalue weighted by atomic mass is 10.2. The smallest absolute Gasteiger partial charge is 0.293 e. The van der Waals surface area contributed by atoms with Crippen molar-refractivity contribution < 1.29 is 14.7 Å². The number of carbonyl (C=O) groups is 2. The van der Waals surface area contributed by atoms with Gasteiger partial charge in [-0.15, -0.1) is 11.3 Å². The number of carbonyl (C=O) groups excluding carboxylic acids is 2. The van der Waals surface area contributed by atoms with Crippen molar-refractivity contribution in [3.63, 3.8) is 0 Å². The maximum Gasteiger partial charge on any atom is 0.293 e. The molecule has 3 heterocycles. The highest BCUT2D eigenvalue weighted by Crippen LogP contribution is 2.32. The van der Waals surface area contributed by atoms with Crippen LogP contribution in [-0.2, 0) is 9.59 Å². The van der Waals surface area contributed by atoms with Crippen molar-refractivity contribution in [1.82, 2.24) is 15.3 Å². The second-order valence-corrected chi connectivity index (χ2v) is 5.17. The van der Waals surface area contributed by atoms with Crippen LogP contribution in [-0.4, -0.2) is 26.9 Å². The second kappa shape index (κ2) is 4.69. The van der Waals surface area contributed by atoms with E-state index in [0.29, 0.717) is 15.6 Å². The molecule has 0 unspecified atom stereocenters. The first kappa shape index (κ1) is 12.8. The molecule has 0 saturated carbocycles. The Balaban J connectivity index is 2.06. The monoisotopic (exact) mass is 307 g/mol. The third-order valence-electron chi connectivity index (χ3n) is 2.67. The van der Waals surface area contributed by atoms with Crippen LogP contribution in [0.5, 0.6) is 0 Å². The molecule has 1 aliphatic rings. The molecule has 20 heavy (non-hydrogen) atoms. The lowest BCUT2D eigenvalue weighted by molar-refractivity contribution is -0.124. The summed E-state index contributed by atoms with van der Waals surface area (Å²) >= 11 is 7.27. The molecule has 8 heteroatoms. The number of rotatable bonds is 2. The van der Waals surface area contributed by atoms with Gasteiger partial charge in [-0.2, -0.15) is 0 Å². The van der Waals surface area contributed by atoms with E-state index in [1.165, 1.54) is 17.5 Å². The largest absolute Gasteiger partial charge is 0.502 e. The normalized spacial score (nSPS) is 14.8. The first-order valence-corrected chi connectivity index (χ1v) is 6.68. The van der Waals surface area contributed by atoms with Crippen LogP contribution in [0.25, 0.3) is 16.1 Å². The number of amides is 2. The molecular formula is C12H6ClN3O3S. The topological polar surface area (TPSA) is 92.2 Å². The average molecular weight is 308 g/mol. The number of aromatic nitrogens is 2. The summed E-state index contributed by atoms with van der Waals surface area (Å²) in [5, 5.41) is 14.2. The molecule has 2 aromatic rings. The first-order chi connectivity index (χ1) is 9.58. The Morgan fingerprint density at radius 2 is 2.10 bits per heavy atom. The highest BCUT2D eigenvalue weighted by molar-refractivity contribution is 7.13. The first-order valence-electron chi connectivity index (χ1n) is 5.42. The Morgan fingerprint density at radius 1 is 1.30 bits per heavy atom. The van der Waals surface area contributed by atoms with Crippen LogP contribution in [0.15, 0.2) is 29.6 Å². The predicted molar refractivity (Wildman–Crippen MR) is 73.1 cm³/mol. The van der Waals surface area contributed by atoms with Crippen LogP contribution in [0.3, 0.4) is 0 Å². The summed E-state index contributed by atoms with van der Waals surface area (Å²) in [4.78, 5) is 30.9. The number of nitrogens with zero attached hydrogens (tertiary/aromatic N) is 2. The fourth-order valence-electron chi connectivity index (χ4n) is 1.74. The zero-order chi connectivity index (χ0) is 14.3. The van der Waals surface area contributed by atoms with Crippen molar-refractivity contribution in [3.8, 4) is 10.6 Å². The van der Waals surface area contributed by atoms with Gasteiger partial charge in [-0.05, 0) is 6.07 Å². The van der Waals surface area contributed by atoms with Gasteiger partial charge in [0.25, 0.3) is 11.8 Å². The zero-order valence-corrected chi connectivity index (χ0v) is 11.3. The van der Waals surface area contributed by atoms with Gasteiger partial charge in [0.05, 0.1) is 10.7 Å². The molecule has 2 amide bonds. The van der Waals surface area contributed by atoms with Crippen LogP contribution in [0.1, 0.15) is 5.69 Å². The van der Waals surface area contributed by atoms with Gasteiger partial charge in [-0.1, -0.05) is 11.6 Å². The summed E-state index contributed by atoms with van der Waals surface area (Å²) < 4.78 is 0. The summed E-state index contributed by atoms with van der Waals surface area (Å²) in [5.74, 6) is -2.10. The summed E-state index contributed by atoms with van der Waals surface area (Å²) in [7, 11) is 0. The minimum Gasteiger partial charge on any atom is -0.502 e. The van der Waals surface area contributed by atoms with Gasteiger partial charge in [-0.25, -0.2) is 4.98 Å². The number of nitrogens with one attached hydrogen (secondary N) is 1. The Bertz CT molecular complexity index is 769. The lowest BCUT2D eigenvalue weighted by Gasteiger charge is -1.98. The molecule has 0 saturated heterocycles. The van der Waals surface area contributed by atoms with Gasteiger partial charge in [0.2, 0.25) is 0 Å². The Hall–Kier alpha value is -2.25. The van der Waals surface area contributed by atoms with E-state index in [-0.39, 0.29) is 11.3 Å². The fraction of sp³-hybridized carbons (Fsp3) is 0. The van der Waals surface area contributed by atoms with Crippen molar-refractivity contribution in [1.29, 1.82) is 0 Å². The molecule has 0 atom stereocenters. The van der Waals surface area contributed by atoms with E-state index >= 15 is 0 Å². The van der Waals surface area contributed by atoms with E-state index in [2.05, 4.69) is 9.97 Å². The quantitative estimate of drug-likeness (QED) is 0.825. The Kier molecular flexibility index (Phi) is 3.00. The number of imide groups is 1. The van der Waals surface area contributed by atoms with Crippen LogP contribution in [0.4, 0.5) is 0 Å². The van der Waals surface area contributed by atoms with Gasteiger partial charge in [0.1, 0.15) is 10.6 Å². The molecule has 0 radical (unpaired) electrons. The number of aliphatic hydroxyl groups is 1. The number of hydrogen-bond acceptors (Lipinski definition) is 6. The summed E-state index contributed by atoms with van der Waals surface area (Å²) in [6.45, 7) is 0. The van der Waals surface area contributed by atoms with Crippen LogP contribution >= 0.6 is 22.9 Å². The molecule has 0 aliphatic carbocycles. The molecule has 2 N–H and O–H groups in total. The SMILES string of the molecule is O=C1NC(=O)C(c2csc(-c3ccncc3Cl)n2)=C1O. The Labute approximate surface area is 121 Å². The number of aliphatic hydroxyl groups excluding tert-OH is 1. The molecule has 1 aliphatic heterocycles. The summed E-state index contributed by atoms with van der Waals surface area (Å²) in [6.07, 6.45) is 3.06. The number of halogens is 1. The maximum absolute atomic E-state index is 11.6. The predicted octanol–water partition coefficient (Wildman–Crippen LogP) is 1.78. The number of hydrogen-bond donors (Lipinski definition) is 2. The fourth-order valence-corrected chi connectivity index (χ4v) is 2.86. The third kappa shape index (κ3) is 1.97. The second-order valence-electron chi connectivity index (χ2n) is 3.90. The molecule has 0 aromatic carbocycles. The number of thiazole rings is 1. The van der Waals surface area contributed by atoms with Gasteiger partial charge in [0.15, 0.2) is 5.76 Å². The Morgan fingerprint density at radius 3 is 2.75 bits per heavy atom. The summed E-state index contributed by atoms with van der Waals surface area (Å²) in [6, 6.07) is 1.69. The molecule has 0 fully saturated rings. The van der Waals surface area contributed by atoms with E-state index in [4.69, 9.17) is 11.6 Å². The van der Waals surface area contributed by atoms with Crippen molar-refractivity contribution in [3.05, 3.63) is 40.3 Å². The van der Waals surface area contributed by atoms with Crippen LogP contribution < -0.4 is 5.32 Å². The van der Waals surface area contributed by atoms with Gasteiger partial charge in [-0.3, -0.25) is 19.9 Å². The minimum absolute atomic E-state index is 0.123. The molecule has 0 bridgehead atoms. The van der Waals surface area contributed by atoms with E-state index < -0.39 is 17.6 Å². The van der Waals surface area contributed by atoms with Gasteiger partial charge < -0.3 is 5.11 Å². The molecule has 6 nitrogen and oxygen atoms in total. The van der Waals surface area contributed by atoms with Gasteiger partial charge in [0, 0.05) is 23.3 Å². The molecule has 2 aromatic heterocycles. The average Bonchev–Trinajstić information content (AvgIpc) is 2.96. The van der Waals surface area contributed by atoms with Gasteiger partial charge >= 0.3 is 0 Å². The van der Waals surface area contributed by atoms with Crippen LogP contribution in [0.2, 0.25) is 5.02 Å². The highest BCUT2D eigenvalue weighted by atomic mass is 35.5. The van der Waals surface area contributed by atoms with E-state index in [1.54, 1.807) is 17.6 Å². The maximum atomic E-state index is 11.6. The molecule has 3 rings (SSSR count). The standard InChI is InChI=1S/C12H6ClN3O3S/c13-6-3-14-2-1-5(6)12-15-7(4-20-12)8-9(17)11(19)16-10(8)18/h1-4H,(H2,16,17,18,19). The van der Waals surface area contributed by atoms with E-state index in [1.807, 2.05) is 5.32 Å². The molecular weight excluding hydrogens is 302 g/mol. The lowest BCUT2D eigenvalue weighted by Crippen LogP contribution is -2.22. The zero-order valence-electron chi connectivity index (χ0n) is 9.75. The minimum atomic E-state index is -0.818. The van der Waals surface area contributed by atoms with E-state index in [9.17, 15) is 14.7 Å². The molecule has 0 spiro atoms. The van der Waals surface area contributed by atoms with Crippen molar-refractivity contribution in [2.75, 3.05) is 0 Å².